The molecule has 4 rings (SSSR count). The van der Waals surface area contributed by atoms with Gasteiger partial charge in [-0.1, -0.05) is 32.4 Å². The molecule has 0 radical (unpaired) electrons. The number of H-pyrrole nitrogens is 1. The number of nitrogens with zero attached hydrogens (tertiary/aromatic N) is 2. The summed E-state index contributed by atoms with van der Waals surface area (Å²) in [5, 5.41) is 11.9. The van der Waals surface area contributed by atoms with Gasteiger partial charge in [0.05, 0.1) is 11.2 Å². The average molecular weight is 364 g/mol. The molecule has 5 heteroatoms. The van der Waals surface area contributed by atoms with Gasteiger partial charge in [0.25, 0.3) is 0 Å². The van der Waals surface area contributed by atoms with E-state index in [9.17, 15) is 0 Å². The smallest absolute Gasteiger partial charge is 0.126 e. The van der Waals surface area contributed by atoms with Crippen molar-refractivity contribution in [2.24, 2.45) is 17.8 Å². The van der Waals surface area contributed by atoms with Crippen LogP contribution in [-0.2, 0) is 0 Å². The summed E-state index contributed by atoms with van der Waals surface area (Å²) < 4.78 is 0. The van der Waals surface area contributed by atoms with Gasteiger partial charge < -0.3 is 11.1 Å². The molecule has 4 atom stereocenters. The zero-order chi connectivity index (χ0) is 19.0. The average Bonchev–Trinajstić information content (AvgIpc) is 3.32. The lowest BCUT2D eigenvalue weighted by molar-refractivity contribution is 0.326. The van der Waals surface area contributed by atoms with Crippen molar-refractivity contribution in [1.82, 2.24) is 15.2 Å². The Bertz CT molecular complexity index is 918. The molecule has 1 fully saturated rings. The van der Waals surface area contributed by atoms with E-state index in [1.165, 1.54) is 19.3 Å². The van der Waals surface area contributed by atoms with Crippen LogP contribution in [0.4, 0.5) is 11.5 Å². The van der Waals surface area contributed by atoms with E-state index >= 15 is 0 Å². The Morgan fingerprint density at radius 2 is 2.04 bits per heavy atom. The van der Waals surface area contributed by atoms with Gasteiger partial charge >= 0.3 is 0 Å². The number of benzene rings is 1. The number of nitrogens with two attached hydrogens (primary N) is 1. The molecule has 142 valence electrons. The van der Waals surface area contributed by atoms with E-state index in [2.05, 4.69) is 59.5 Å². The SMILES string of the molecule is CC1CCC(C(C)C(C)Nc2cc(N)nc3cc(-c4ccn[nH]4)ccc23)C1. The van der Waals surface area contributed by atoms with E-state index in [1.54, 1.807) is 6.20 Å². The van der Waals surface area contributed by atoms with Crippen molar-refractivity contribution >= 4 is 22.4 Å². The number of nitrogens with one attached hydrogen (secondary N) is 2. The Balaban J connectivity index is 1.61. The third kappa shape index (κ3) is 3.64. The second-order valence-electron chi connectivity index (χ2n) is 8.27. The molecule has 4 N–H and O–H groups in total. The molecule has 3 aromatic rings. The van der Waals surface area contributed by atoms with Crippen LogP contribution in [0.25, 0.3) is 22.2 Å². The third-order valence-corrected chi connectivity index (χ3v) is 6.29. The summed E-state index contributed by atoms with van der Waals surface area (Å²) in [4.78, 5) is 4.55. The van der Waals surface area contributed by atoms with Crippen molar-refractivity contribution in [1.29, 1.82) is 0 Å². The molecule has 27 heavy (non-hydrogen) atoms. The minimum atomic E-state index is 0.387. The van der Waals surface area contributed by atoms with Crippen LogP contribution < -0.4 is 11.1 Å². The maximum absolute atomic E-state index is 6.11. The number of aromatic nitrogens is 3. The summed E-state index contributed by atoms with van der Waals surface area (Å²) in [5.41, 5.74) is 10.1. The van der Waals surface area contributed by atoms with E-state index in [0.29, 0.717) is 17.8 Å². The monoisotopic (exact) mass is 363 g/mol. The minimum Gasteiger partial charge on any atom is -0.384 e. The van der Waals surface area contributed by atoms with Crippen LogP contribution in [0.3, 0.4) is 0 Å². The first-order chi connectivity index (χ1) is 13.0. The number of pyridine rings is 1. The first kappa shape index (κ1) is 17.8. The minimum absolute atomic E-state index is 0.387. The highest BCUT2D eigenvalue weighted by Gasteiger charge is 2.29. The molecule has 2 heterocycles. The molecule has 1 aliphatic rings. The lowest BCUT2D eigenvalue weighted by Crippen LogP contribution is -2.29. The quantitative estimate of drug-likeness (QED) is 0.590. The van der Waals surface area contributed by atoms with Gasteiger partial charge in [-0.05, 0) is 49.7 Å². The van der Waals surface area contributed by atoms with E-state index in [4.69, 9.17) is 5.73 Å². The van der Waals surface area contributed by atoms with Crippen molar-refractivity contribution in [3.05, 3.63) is 36.5 Å². The number of anilines is 2. The number of aromatic amines is 1. The lowest BCUT2D eigenvalue weighted by atomic mass is 9.86. The van der Waals surface area contributed by atoms with Crippen molar-refractivity contribution < 1.29 is 0 Å². The number of rotatable bonds is 5. The second kappa shape index (κ2) is 7.22. The van der Waals surface area contributed by atoms with Gasteiger partial charge in [0, 0.05) is 34.9 Å². The molecule has 4 unspecified atom stereocenters. The summed E-state index contributed by atoms with van der Waals surface area (Å²) >= 11 is 0. The van der Waals surface area contributed by atoms with Gasteiger partial charge in [-0.15, -0.1) is 0 Å². The molecule has 0 spiro atoms. The van der Waals surface area contributed by atoms with Gasteiger partial charge in [-0.25, -0.2) is 4.98 Å². The predicted molar refractivity (Wildman–Crippen MR) is 112 cm³/mol. The first-order valence-electron chi connectivity index (χ1n) is 9.98. The Labute approximate surface area is 160 Å². The van der Waals surface area contributed by atoms with Crippen molar-refractivity contribution in [2.45, 2.75) is 46.1 Å². The molecule has 1 aliphatic carbocycles. The third-order valence-electron chi connectivity index (χ3n) is 6.29. The maximum atomic E-state index is 6.11. The molecule has 0 bridgehead atoms. The molecule has 5 nitrogen and oxygen atoms in total. The van der Waals surface area contributed by atoms with E-state index in [-0.39, 0.29) is 0 Å². The fourth-order valence-corrected chi connectivity index (χ4v) is 4.47. The van der Waals surface area contributed by atoms with Crippen LogP contribution >= 0.6 is 0 Å². The van der Waals surface area contributed by atoms with Crippen molar-refractivity contribution in [3.8, 4) is 11.3 Å². The van der Waals surface area contributed by atoms with Gasteiger partial charge in [0.2, 0.25) is 0 Å². The van der Waals surface area contributed by atoms with Crippen LogP contribution in [0.15, 0.2) is 36.5 Å². The fourth-order valence-electron chi connectivity index (χ4n) is 4.47. The lowest BCUT2D eigenvalue weighted by Gasteiger charge is -2.28. The number of nitrogen functional groups attached to an aromatic ring is 1. The highest BCUT2D eigenvalue weighted by Crippen LogP contribution is 2.38. The molecule has 0 amide bonds. The molecular formula is C22H29N5. The first-order valence-corrected chi connectivity index (χ1v) is 9.98. The highest BCUT2D eigenvalue weighted by molar-refractivity contribution is 5.95. The van der Waals surface area contributed by atoms with Crippen LogP contribution in [-0.4, -0.2) is 21.2 Å². The van der Waals surface area contributed by atoms with Crippen molar-refractivity contribution in [2.75, 3.05) is 11.1 Å². The van der Waals surface area contributed by atoms with E-state index in [0.717, 1.165) is 39.7 Å². The van der Waals surface area contributed by atoms with Crippen LogP contribution in [0.2, 0.25) is 0 Å². The zero-order valence-corrected chi connectivity index (χ0v) is 16.4. The number of hydrogen-bond acceptors (Lipinski definition) is 4. The fraction of sp³-hybridized carbons (Fsp3) is 0.455. The summed E-state index contributed by atoms with van der Waals surface area (Å²) in [6, 6.07) is 10.6. The largest absolute Gasteiger partial charge is 0.384 e. The Morgan fingerprint density at radius 3 is 2.74 bits per heavy atom. The summed E-state index contributed by atoms with van der Waals surface area (Å²) in [5.74, 6) is 2.84. The van der Waals surface area contributed by atoms with Crippen LogP contribution in [0.1, 0.15) is 40.0 Å². The maximum Gasteiger partial charge on any atom is 0.126 e. The number of hydrogen-bond donors (Lipinski definition) is 3. The van der Waals surface area contributed by atoms with Gasteiger partial charge in [-0.2, -0.15) is 5.10 Å². The molecule has 0 aliphatic heterocycles. The topological polar surface area (TPSA) is 79.6 Å². The molecule has 1 aromatic carbocycles. The molecule has 2 aromatic heterocycles. The van der Waals surface area contributed by atoms with Crippen molar-refractivity contribution in [3.63, 3.8) is 0 Å². The Kier molecular flexibility index (Phi) is 4.77. The Morgan fingerprint density at radius 1 is 1.19 bits per heavy atom. The standard InChI is InChI=1S/C22H29N5/c1-13-4-5-16(10-13)14(2)15(3)25-21-12-22(23)26-20-11-17(6-7-18(20)21)19-8-9-24-27-19/h6-9,11-16H,4-5,10H2,1-3H3,(H,24,27)(H3,23,25,26). The summed E-state index contributed by atoms with van der Waals surface area (Å²) in [6.45, 7) is 7.04. The Hall–Kier alpha value is -2.56. The predicted octanol–water partition coefficient (Wildman–Crippen LogP) is 5.08. The number of fused-ring (bicyclic) bond motifs is 1. The highest BCUT2D eigenvalue weighted by atomic mass is 15.1. The molecule has 1 saturated carbocycles. The molecule has 0 saturated heterocycles. The summed E-state index contributed by atoms with van der Waals surface area (Å²) in [7, 11) is 0. The van der Waals surface area contributed by atoms with Gasteiger partial charge in [0.15, 0.2) is 0 Å². The molecular weight excluding hydrogens is 334 g/mol. The normalized spacial score (nSPS) is 22.0. The van der Waals surface area contributed by atoms with E-state index in [1.807, 2.05) is 12.1 Å². The van der Waals surface area contributed by atoms with E-state index < -0.39 is 0 Å². The zero-order valence-electron chi connectivity index (χ0n) is 16.4. The van der Waals surface area contributed by atoms with Crippen LogP contribution in [0, 0.1) is 17.8 Å². The van der Waals surface area contributed by atoms with Crippen LogP contribution in [0.5, 0.6) is 0 Å². The van der Waals surface area contributed by atoms with Gasteiger partial charge in [0.1, 0.15) is 5.82 Å². The second-order valence-corrected chi connectivity index (χ2v) is 8.27. The summed E-state index contributed by atoms with van der Waals surface area (Å²) in [6.07, 6.45) is 5.82. The van der Waals surface area contributed by atoms with Gasteiger partial charge in [-0.3, -0.25) is 5.10 Å².